The molecule has 0 bridgehead atoms. The Hall–Kier alpha value is -4.69. The predicted octanol–water partition coefficient (Wildman–Crippen LogP) is 5.93. The summed E-state index contributed by atoms with van der Waals surface area (Å²) in [5.74, 6) is 2.75. The van der Waals surface area contributed by atoms with Crippen LogP contribution in [0.15, 0.2) is 91.5 Å². The van der Waals surface area contributed by atoms with E-state index >= 15 is 0 Å². The van der Waals surface area contributed by atoms with E-state index in [0.717, 1.165) is 71.9 Å². The lowest BCUT2D eigenvalue weighted by atomic mass is 9.95. The van der Waals surface area contributed by atoms with Gasteiger partial charge in [-0.1, -0.05) is 54.6 Å². The van der Waals surface area contributed by atoms with Crippen LogP contribution in [-0.2, 0) is 6.54 Å². The number of pyridine rings is 1. The number of likely N-dealkylation sites (tertiary alicyclic amines) is 1. The van der Waals surface area contributed by atoms with Crippen molar-refractivity contribution in [3.63, 3.8) is 0 Å². The highest BCUT2D eigenvalue weighted by atomic mass is 15.2. The average molecular weight is 527 g/mol. The first-order valence-corrected chi connectivity index (χ1v) is 13.8. The third kappa shape index (κ3) is 4.89. The van der Waals surface area contributed by atoms with Gasteiger partial charge >= 0.3 is 0 Å². The van der Waals surface area contributed by atoms with E-state index in [2.05, 4.69) is 86.7 Å². The molecule has 5 heterocycles. The number of rotatable bonds is 6. The summed E-state index contributed by atoms with van der Waals surface area (Å²) in [6, 6.07) is 23.2. The fraction of sp³-hybridized carbons (Fsp3) is 0.219. The van der Waals surface area contributed by atoms with Crippen LogP contribution in [0.2, 0.25) is 0 Å². The van der Waals surface area contributed by atoms with Crippen molar-refractivity contribution < 1.29 is 0 Å². The summed E-state index contributed by atoms with van der Waals surface area (Å²) >= 11 is 0. The second kappa shape index (κ2) is 10.5. The highest BCUT2D eigenvalue weighted by Crippen LogP contribution is 2.32. The van der Waals surface area contributed by atoms with E-state index in [1.807, 2.05) is 35.0 Å². The van der Waals surface area contributed by atoms with Crippen molar-refractivity contribution in [1.82, 2.24) is 39.4 Å². The molecule has 0 atom stereocenters. The molecule has 4 aromatic heterocycles. The Labute approximate surface area is 232 Å². The Morgan fingerprint density at radius 1 is 0.875 bits per heavy atom. The van der Waals surface area contributed by atoms with Gasteiger partial charge in [-0.3, -0.25) is 19.4 Å². The molecule has 8 heteroatoms. The quantitative estimate of drug-likeness (QED) is 0.289. The predicted molar refractivity (Wildman–Crippen MR) is 155 cm³/mol. The summed E-state index contributed by atoms with van der Waals surface area (Å²) in [7, 11) is 0. The molecular formula is C32H30N8. The van der Waals surface area contributed by atoms with Gasteiger partial charge in [0, 0.05) is 48.4 Å². The van der Waals surface area contributed by atoms with Gasteiger partial charge < -0.3 is 0 Å². The van der Waals surface area contributed by atoms with Crippen molar-refractivity contribution in [1.29, 1.82) is 0 Å². The van der Waals surface area contributed by atoms with E-state index in [9.17, 15) is 0 Å². The molecule has 0 radical (unpaired) electrons. The number of aromatic nitrogens is 7. The van der Waals surface area contributed by atoms with Crippen molar-refractivity contribution in [2.24, 2.45) is 0 Å². The summed E-state index contributed by atoms with van der Waals surface area (Å²) in [5, 5.41) is 7.61. The Morgan fingerprint density at radius 2 is 1.70 bits per heavy atom. The molecule has 0 aliphatic carbocycles. The standard InChI is InChI=1S/C32H30N8/c1-22-11-14-33-28(19-22)31-36-30(37-38-31)26-12-16-39(17-13-26)20-23-7-9-25(10-8-23)29-27(24-5-3-2-4-6-24)21-40-18-15-34-32(40)35-29/h2-11,14-15,18-19,21,26H,12-13,16-17,20H2,1H3,(H,36,37,38). The maximum atomic E-state index is 4.91. The van der Waals surface area contributed by atoms with Crippen molar-refractivity contribution in [3.8, 4) is 33.9 Å². The zero-order valence-electron chi connectivity index (χ0n) is 22.4. The smallest absolute Gasteiger partial charge is 0.234 e. The Morgan fingerprint density at radius 3 is 2.50 bits per heavy atom. The maximum absolute atomic E-state index is 4.91. The second-order valence-electron chi connectivity index (χ2n) is 10.5. The molecular weight excluding hydrogens is 496 g/mol. The number of H-pyrrole nitrogens is 1. The number of aryl methyl sites for hydroxylation is 1. The molecule has 2 aromatic carbocycles. The number of nitrogens with one attached hydrogen (secondary N) is 1. The van der Waals surface area contributed by atoms with Gasteiger partial charge in [0.15, 0.2) is 5.82 Å². The van der Waals surface area contributed by atoms with Crippen LogP contribution in [0.3, 0.4) is 0 Å². The number of benzene rings is 2. The van der Waals surface area contributed by atoms with Crippen LogP contribution in [0, 0.1) is 6.92 Å². The highest BCUT2D eigenvalue weighted by molar-refractivity contribution is 5.81. The first-order chi connectivity index (χ1) is 19.7. The molecule has 0 amide bonds. The average Bonchev–Trinajstić information content (AvgIpc) is 3.68. The van der Waals surface area contributed by atoms with Crippen molar-refractivity contribution in [2.45, 2.75) is 32.2 Å². The van der Waals surface area contributed by atoms with E-state index in [1.54, 1.807) is 6.20 Å². The Balaban J connectivity index is 1.03. The zero-order chi connectivity index (χ0) is 26.9. The summed E-state index contributed by atoms with van der Waals surface area (Å²) in [6.45, 7) is 5.05. The molecule has 1 aliphatic heterocycles. The third-order valence-corrected chi connectivity index (χ3v) is 7.72. The lowest BCUT2D eigenvalue weighted by Gasteiger charge is -2.31. The molecule has 1 saturated heterocycles. The number of aromatic amines is 1. The second-order valence-corrected chi connectivity index (χ2v) is 10.5. The van der Waals surface area contributed by atoms with Crippen LogP contribution in [0.1, 0.15) is 35.7 Å². The fourth-order valence-electron chi connectivity index (χ4n) is 5.52. The van der Waals surface area contributed by atoms with Gasteiger partial charge in [0.25, 0.3) is 0 Å². The van der Waals surface area contributed by atoms with Crippen LogP contribution < -0.4 is 0 Å². The summed E-state index contributed by atoms with van der Waals surface area (Å²) < 4.78 is 1.98. The van der Waals surface area contributed by atoms with Crippen molar-refractivity contribution in [2.75, 3.05) is 13.1 Å². The molecule has 0 unspecified atom stereocenters. The van der Waals surface area contributed by atoms with Crippen LogP contribution in [-0.4, -0.2) is 52.5 Å². The molecule has 198 valence electrons. The number of imidazole rings is 1. The Kier molecular flexibility index (Phi) is 6.37. The van der Waals surface area contributed by atoms with Gasteiger partial charge in [-0.25, -0.2) is 15.0 Å². The lowest BCUT2D eigenvalue weighted by molar-refractivity contribution is 0.202. The van der Waals surface area contributed by atoms with E-state index in [0.29, 0.717) is 17.5 Å². The molecule has 8 nitrogen and oxygen atoms in total. The van der Waals surface area contributed by atoms with Gasteiger partial charge in [-0.05, 0) is 61.7 Å². The largest absolute Gasteiger partial charge is 0.299 e. The topological polar surface area (TPSA) is 87.9 Å². The number of hydrogen-bond acceptors (Lipinski definition) is 6. The van der Waals surface area contributed by atoms with Gasteiger partial charge in [0.05, 0.1) is 5.69 Å². The van der Waals surface area contributed by atoms with Crippen LogP contribution in [0.5, 0.6) is 0 Å². The van der Waals surface area contributed by atoms with Gasteiger partial charge in [0.1, 0.15) is 11.5 Å². The normalized spacial score (nSPS) is 14.6. The minimum atomic E-state index is 0.393. The molecule has 1 fully saturated rings. The number of hydrogen-bond donors (Lipinski definition) is 1. The molecule has 0 saturated carbocycles. The van der Waals surface area contributed by atoms with Gasteiger partial charge in [-0.2, -0.15) is 5.10 Å². The minimum Gasteiger partial charge on any atom is -0.299 e. The zero-order valence-corrected chi connectivity index (χ0v) is 22.4. The molecule has 40 heavy (non-hydrogen) atoms. The lowest BCUT2D eigenvalue weighted by Crippen LogP contribution is -2.32. The van der Waals surface area contributed by atoms with Gasteiger partial charge in [-0.15, -0.1) is 0 Å². The summed E-state index contributed by atoms with van der Waals surface area (Å²) in [4.78, 5) is 21.1. The van der Waals surface area contributed by atoms with Crippen LogP contribution in [0.25, 0.3) is 39.7 Å². The molecule has 7 rings (SSSR count). The van der Waals surface area contributed by atoms with Crippen LogP contribution >= 0.6 is 0 Å². The molecule has 0 spiro atoms. The third-order valence-electron chi connectivity index (χ3n) is 7.72. The summed E-state index contributed by atoms with van der Waals surface area (Å²) in [5.41, 5.74) is 7.55. The first-order valence-electron chi connectivity index (χ1n) is 13.8. The number of nitrogens with zero attached hydrogens (tertiary/aromatic N) is 7. The first kappa shape index (κ1) is 24.4. The van der Waals surface area contributed by atoms with E-state index in [-0.39, 0.29) is 0 Å². The fourth-order valence-corrected chi connectivity index (χ4v) is 5.52. The van der Waals surface area contributed by atoms with E-state index in [4.69, 9.17) is 9.97 Å². The summed E-state index contributed by atoms with van der Waals surface area (Å²) in [6.07, 6.45) is 9.77. The van der Waals surface area contributed by atoms with Crippen LogP contribution in [0.4, 0.5) is 0 Å². The Bertz CT molecular complexity index is 1750. The highest BCUT2D eigenvalue weighted by Gasteiger charge is 2.24. The molecule has 1 N–H and O–H groups in total. The maximum Gasteiger partial charge on any atom is 0.234 e. The monoisotopic (exact) mass is 526 g/mol. The number of fused-ring (bicyclic) bond motifs is 1. The SMILES string of the molecule is Cc1ccnc(-c2n[nH]c(C3CCN(Cc4ccc(-c5nc6nccn6cc5-c5ccccc5)cc4)CC3)n2)c1. The minimum absolute atomic E-state index is 0.393. The van der Waals surface area contributed by atoms with E-state index in [1.165, 1.54) is 5.56 Å². The molecule has 6 aromatic rings. The van der Waals surface area contributed by atoms with Gasteiger partial charge in [0.2, 0.25) is 5.78 Å². The molecule has 1 aliphatic rings. The van der Waals surface area contributed by atoms with E-state index < -0.39 is 0 Å². The van der Waals surface area contributed by atoms with Crippen molar-refractivity contribution >= 4 is 5.78 Å². The van der Waals surface area contributed by atoms with Crippen molar-refractivity contribution in [3.05, 3.63) is 108 Å². The number of piperidine rings is 1.